The first-order chi connectivity index (χ1) is 11.4. The third-order valence-corrected chi connectivity index (χ3v) is 3.93. The second-order valence-electron chi connectivity index (χ2n) is 7.21. The molecule has 2 rings (SSSR count). The summed E-state index contributed by atoms with van der Waals surface area (Å²) in [6.07, 6.45) is 2.75. The van der Waals surface area contributed by atoms with Crippen LogP contribution in [0.15, 0.2) is 24.3 Å². The van der Waals surface area contributed by atoms with Crippen molar-refractivity contribution in [3.63, 3.8) is 0 Å². The number of benzene rings is 1. The SMILES string of the molecule is CC(C)(C)OC(=O)N1CCCC(CCOc2cccc(C#N)c2)C1. The first-order valence-corrected chi connectivity index (χ1v) is 8.48. The minimum atomic E-state index is -0.459. The summed E-state index contributed by atoms with van der Waals surface area (Å²) < 4.78 is 11.2. The summed E-state index contributed by atoms with van der Waals surface area (Å²) >= 11 is 0. The highest BCUT2D eigenvalue weighted by molar-refractivity contribution is 5.68. The second-order valence-corrected chi connectivity index (χ2v) is 7.21. The van der Waals surface area contributed by atoms with E-state index in [1.165, 1.54) is 0 Å². The minimum absolute atomic E-state index is 0.227. The number of hydrogen-bond donors (Lipinski definition) is 0. The Morgan fingerprint density at radius 2 is 2.21 bits per heavy atom. The number of hydrogen-bond acceptors (Lipinski definition) is 4. The number of likely N-dealkylation sites (tertiary alicyclic amines) is 1. The van der Waals surface area contributed by atoms with Gasteiger partial charge in [0.05, 0.1) is 18.2 Å². The van der Waals surface area contributed by atoms with Gasteiger partial charge in [-0.25, -0.2) is 4.79 Å². The van der Waals surface area contributed by atoms with Crippen LogP contribution in [-0.4, -0.2) is 36.3 Å². The van der Waals surface area contributed by atoms with E-state index in [-0.39, 0.29) is 6.09 Å². The molecule has 1 atom stereocenters. The van der Waals surface area contributed by atoms with E-state index in [0.717, 1.165) is 32.4 Å². The lowest BCUT2D eigenvalue weighted by atomic mass is 9.95. The molecule has 1 fully saturated rings. The van der Waals surface area contributed by atoms with Gasteiger partial charge < -0.3 is 14.4 Å². The van der Waals surface area contributed by atoms with E-state index in [2.05, 4.69) is 6.07 Å². The Balaban J connectivity index is 1.78. The van der Waals surface area contributed by atoms with Crippen LogP contribution in [0.4, 0.5) is 4.79 Å². The molecule has 0 spiro atoms. The first-order valence-electron chi connectivity index (χ1n) is 8.48. The third-order valence-electron chi connectivity index (χ3n) is 3.93. The van der Waals surface area contributed by atoms with Gasteiger partial charge in [-0.2, -0.15) is 5.26 Å². The normalized spacial score (nSPS) is 17.9. The minimum Gasteiger partial charge on any atom is -0.494 e. The molecule has 1 aromatic carbocycles. The van der Waals surface area contributed by atoms with Crippen molar-refractivity contribution in [2.75, 3.05) is 19.7 Å². The fourth-order valence-corrected chi connectivity index (χ4v) is 2.79. The average Bonchev–Trinajstić information content (AvgIpc) is 2.54. The number of nitrogens with zero attached hydrogens (tertiary/aromatic N) is 2. The van der Waals surface area contributed by atoms with Crippen LogP contribution in [0.3, 0.4) is 0 Å². The van der Waals surface area contributed by atoms with Gasteiger partial charge in [-0.1, -0.05) is 6.07 Å². The molecule has 0 bridgehead atoms. The van der Waals surface area contributed by atoms with Gasteiger partial charge in [0.25, 0.3) is 0 Å². The Morgan fingerprint density at radius 1 is 1.42 bits per heavy atom. The Bertz CT molecular complexity index is 601. The van der Waals surface area contributed by atoms with Crippen LogP contribution >= 0.6 is 0 Å². The summed E-state index contributed by atoms with van der Waals surface area (Å²) in [5.41, 5.74) is 0.139. The topological polar surface area (TPSA) is 62.6 Å². The predicted octanol–water partition coefficient (Wildman–Crippen LogP) is 3.97. The van der Waals surface area contributed by atoms with Gasteiger partial charge in [0.2, 0.25) is 0 Å². The fraction of sp³-hybridized carbons (Fsp3) is 0.579. The molecule has 1 saturated heterocycles. The monoisotopic (exact) mass is 330 g/mol. The van der Waals surface area contributed by atoms with E-state index in [9.17, 15) is 4.79 Å². The van der Waals surface area contributed by atoms with E-state index in [0.29, 0.717) is 23.8 Å². The largest absolute Gasteiger partial charge is 0.494 e. The summed E-state index contributed by atoms with van der Waals surface area (Å²) in [4.78, 5) is 14.0. The van der Waals surface area contributed by atoms with Gasteiger partial charge in [-0.3, -0.25) is 0 Å². The van der Waals surface area contributed by atoms with Gasteiger partial charge in [0.1, 0.15) is 11.4 Å². The van der Waals surface area contributed by atoms with Crippen molar-refractivity contribution < 1.29 is 14.3 Å². The molecule has 1 amide bonds. The lowest BCUT2D eigenvalue weighted by Crippen LogP contribution is -2.43. The number of rotatable bonds is 4. The molecule has 0 saturated carbocycles. The van der Waals surface area contributed by atoms with Crippen LogP contribution in [0, 0.1) is 17.2 Å². The number of carbonyl (C=O) groups is 1. The maximum atomic E-state index is 12.2. The van der Waals surface area contributed by atoms with Gasteiger partial charge in [0.15, 0.2) is 0 Å². The van der Waals surface area contributed by atoms with Crippen molar-refractivity contribution in [2.24, 2.45) is 5.92 Å². The quantitative estimate of drug-likeness (QED) is 0.838. The van der Waals surface area contributed by atoms with Crippen molar-refractivity contribution >= 4 is 6.09 Å². The summed E-state index contributed by atoms with van der Waals surface area (Å²) in [6, 6.07) is 9.28. The number of piperidine rings is 1. The highest BCUT2D eigenvalue weighted by atomic mass is 16.6. The molecule has 24 heavy (non-hydrogen) atoms. The molecule has 1 heterocycles. The highest BCUT2D eigenvalue weighted by Gasteiger charge is 2.27. The van der Waals surface area contributed by atoms with Gasteiger partial charge in [0, 0.05) is 13.1 Å². The molecule has 1 aromatic rings. The number of carbonyl (C=O) groups excluding carboxylic acids is 1. The molecule has 1 aliphatic rings. The molecular weight excluding hydrogens is 304 g/mol. The Morgan fingerprint density at radius 3 is 2.92 bits per heavy atom. The molecule has 1 aliphatic heterocycles. The van der Waals surface area contributed by atoms with E-state index in [1.54, 1.807) is 17.0 Å². The molecular formula is C19H26N2O3. The number of ether oxygens (including phenoxy) is 2. The highest BCUT2D eigenvalue weighted by Crippen LogP contribution is 2.22. The van der Waals surface area contributed by atoms with E-state index >= 15 is 0 Å². The summed E-state index contributed by atoms with van der Waals surface area (Å²) in [6.45, 7) is 7.72. The van der Waals surface area contributed by atoms with Crippen LogP contribution < -0.4 is 4.74 Å². The zero-order valence-corrected chi connectivity index (χ0v) is 14.7. The van der Waals surface area contributed by atoms with Crippen molar-refractivity contribution in [3.05, 3.63) is 29.8 Å². The van der Waals surface area contributed by atoms with Crippen molar-refractivity contribution in [3.8, 4) is 11.8 Å². The molecule has 0 N–H and O–H groups in total. The number of nitriles is 1. The smallest absolute Gasteiger partial charge is 0.410 e. The van der Waals surface area contributed by atoms with E-state index in [4.69, 9.17) is 14.7 Å². The molecule has 0 aliphatic carbocycles. The zero-order chi connectivity index (χ0) is 17.6. The van der Waals surface area contributed by atoms with Gasteiger partial charge >= 0.3 is 6.09 Å². The molecule has 130 valence electrons. The summed E-state index contributed by atoms with van der Waals surface area (Å²) in [7, 11) is 0. The van der Waals surface area contributed by atoms with Crippen LogP contribution in [0.2, 0.25) is 0 Å². The van der Waals surface area contributed by atoms with E-state index in [1.807, 2.05) is 32.9 Å². The third kappa shape index (κ3) is 5.77. The van der Waals surface area contributed by atoms with Gasteiger partial charge in [-0.15, -0.1) is 0 Å². The predicted molar refractivity (Wildman–Crippen MR) is 91.8 cm³/mol. The maximum absolute atomic E-state index is 12.2. The molecule has 1 unspecified atom stereocenters. The summed E-state index contributed by atoms with van der Waals surface area (Å²) in [5, 5.41) is 8.90. The Labute approximate surface area is 144 Å². The standard InChI is InChI=1S/C19H26N2O3/c1-19(2,3)24-18(22)21-10-5-7-15(14-21)9-11-23-17-8-4-6-16(12-17)13-20/h4,6,8,12,15H,5,7,9-11,14H2,1-3H3. The Hall–Kier alpha value is -2.22. The van der Waals surface area contributed by atoms with E-state index < -0.39 is 5.60 Å². The van der Waals surface area contributed by atoms with Crippen molar-refractivity contribution in [1.82, 2.24) is 4.90 Å². The van der Waals surface area contributed by atoms with Gasteiger partial charge in [-0.05, 0) is 64.2 Å². The van der Waals surface area contributed by atoms with Crippen molar-refractivity contribution in [1.29, 1.82) is 5.26 Å². The maximum Gasteiger partial charge on any atom is 0.410 e. The zero-order valence-electron chi connectivity index (χ0n) is 14.7. The van der Waals surface area contributed by atoms with Crippen LogP contribution in [0.25, 0.3) is 0 Å². The lowest BCUT2D eigenvalue weighted by Gasteiger charge is -2.34. The van der Waals surface area contributed by atoms with Crippen LogP contribution in [0.5, 0.6) is 5.75 Å². The molecule has 0 radical (unpaired) electrons. The van der Waals surface area contributed by atoms with Crippen molar-refractivity contribution in [2.45, 2.75) is 45.6 Å². The molecule has 5 nitrogen and oxygen atoms in total. The number of amides is 1. The van der Waals surface area contributed by atoms with Crippen LogP contribution in [0.1, 0.15) is 45.6 Å². The summed E-state index contributed by atoms with van der Waals surface area (Å²) in [5.74, 6) is 1.14. The van der Waals surface area contributed by atoms with Crippen LogP contribution in [-0.2, 0) is 4.74 Å². The first kappa shape index (κ1) is 18.1. The molecule has 0 aromatic heterocycles. The lowest BCUT2D eigenvalue weighted by molar-refractivity contribution is 0.0154. The molecule has 5 heteroatoms. The average molecular weight is 330 g/mol. The fourth-order valence-electron chi connectivity index (χ4n) is 2.79. The second kappa shape index (κ2) is 8.05. The Kier molecular flexibility index (Phi) is 6.08.